The molecular formula is C9H5BBrF3NO2-. The van der Waals surface area contributed by atoms with E-state index in [0.29, 0.717) is 9.37 Å². The fourth-order valence-electron chi connectivity index (χ4n) is 1.66. The van der Waals surface area contributed by atoms with Crippen LogP contribution in [0.25, 0.3) is 0 Å². The van der Waals surface area contributed by atoms with Crippen molar-refractivity contribution in [1.82, 2.24) is 0 Å². The Morgan fingerprint density at radius 3 is 2.47 bits per heavy atom. The average molecular weight is 307 g/mol. The zero-order valence-electron chi connectivity index (χ0n) is 8.29. The molecule has 2 rings (SSSR count). The Labute approximate surface area is 103 Å². The Kier molecular flexibility index (Phi) is 2.77. The smallest absolute Gasteiger partial charge is 0.448 e. The van der Waals surface area contributed by atoms with E-state index in [1.165, 1.54) is 18.2 Å². The molecule has 1 heterocycles. The Balaban J connectivity index is 2.46. The van der Waals surface area contributed by atoms with Gasteiger partial charge in [-0.15, -0.1) is 0 Å². The molecule has 90 valence electrons. The van der Waals surface area contributed by atoms with Gasteiger partial charge in [-0.3, -0.25) is 9.59 Å². The maximum absolute atomic E-state index is 12.3. The lowest BCUT2D eigenvalue weighted by atomic mass is 9.91. The number of halogens is 4. The molecule has 0 atom stereocenters. The Bertz CT molecular complexity index is 517. The predicted molar refractivity (Wildman–Crippen MR) is 59.9 cm³/mol. The van der Waals surface area contributed by atoms with Gasteiger partial charge in [-0.05, 0) is 24.6 Å². The number of carbonyl (C=O) groups is 2. The highest BCUT2D eigenvalue weighted by Crippen LogP contribution is 2.32. The summed E-state index contributed by atoms with van der Waals surface area (Å²) in [5.74, 6) is -2.02. The van der Waals surface area contributed by atoms with Gasteiger partial charge in [0.2, 0.25) is 0 Å². The molecule has 0 radical (unpaired) electrons. The standard InChI is InChI=1S/C9H5BBrF3NO2/c11-5-1-2-6-7(3-5)15(4-10(12,13)14)9(17)8(6)16/h1-3H,4H2/q-1. The zero-order valence-corrected chi connectivity index (χ0v) is 9.88. The normalized spacial score (nSPS) is 15.4. The molecule has 1 aliphatic rings. The number of Topliss-reactive ketones (excluding diaryl/α,β-unsaturated/α-hetero) is 1. The highest BCUT2D eigenvalue weighted by Gasteiger charge is 2.39. The second-order valence-electron chi connectivity index (χ2n) is 3.62. The number of nitrogens with zero attached hydrogens (tertiary/aromatic N) is 1. The van der Waals surface area contributed by atoms with Crippen LogP contribution in [0.5, 0.6) is 0 Å². The SMILES string of the molecule is O=C1C(=O)N(C[B-](F)(F)F)c2cc(Br)ccc21. The third kappa shape index (κ3) is 2.22. The number of hydrogen-bond donors (Lipinski definition) is 0. The van der Waals surface area contributed by atoms with Crippen molar-refractivity contribution >= 4 is 40.3 Å². The summed E-state index contributed by atoms with van der Waals surface area (Å²) in [4.78, 5) is 23.3. The Morgan fingerprint density at radius 2 is 1.88 bits per heavy atom. The van der Waals surface area contributed by atoms with E-state index in [2.05, 4.69) is 15.9 Å². The number of hydrogen-bond acceptors (Lipinski definition) is 2. The average Bonchev–Trinajstić information content (AvgIpc) is 2.42. The molecule has 1 aliphatic heterocycles. The van der Waals surface area contributed by atoms with Crippen molar-refractivity contribution in [3.05, 3.63) is 28.2 Å². The molecule has 1 aromatic carbocycles. The van der Waals surface area contributed by atoms with E-state index in [-0.39, 0.29) is 11.3 Å². The number of fused-ring (bicyclic) bond motifs is 1. The number of ketones is 1. The predicted octanol–water partition coefficient (Wildman–Crippen LogP) is 2.37. The topological polar surface area (TPSA) is 37.4 Å². The molecule has 0 spiro atoms. The number of anilines is 1. The van der Waals surface area contributed by atoms with Crippen molar-refractivity contribution < 1.29 is 22.5 Å². The molecule has 17 heavy (non-hydrogen) atoms. The number of amides is 1. The van der Waals surface area contributed by atoms with E-state index in [0.717, 1.165) is 0 Å². The molecule has 0 aliphatic carbocycles. The van der Waals surface area contributed by atoms with Gasteiger partial charge in [0.25, 0.3) is 11.7 Å². The minimum atomic E-state index is -5.17. The molecule has 0 aromatic heterocycles. The molecule has 0 unspecified atom stereocenters. The van der Waals surface area contributed by atoms with Crippen LogP contribution in [0, 0.1) is 0 Å². The van der Waals surface area contributed by atoms with Crippen LogP contribution in [0.3, 0.4) is 0 Å². The van der Waals surface area contributed by atoms with Gasteiger partial charge in [-0.2, -0.15) is 0 Å². The summed E-state index contributed by atoms with van der Waals surface area (Å²) in [6.45, 7) is -5.17. The van der Waals surface area contributed by atoms with E-state index in [9.17, 15) is 22.5 Å². The first-order chi connectivity index (χ1) is 7.79. The van der Waals surface area contributed by atoms with E-state index >= 15 is 0 Å². The summed E-state index contributed by atoms with van der Waals surface area (Å²) in [6, 6.07) is 4.18. The highest BCUT2D eigenvalue weighted by molar-refractivity contribution is 9.10. The first-order valence-electron chi connectivity index (χ1n) is 4.66. The van der Waals surface area contributed by atoms with Crippen LogP contribution in [-0.2, 0) is 4.79 Å². The first-order valence-corrected chi connectivity index (χ1v) is 5.45. The van der Waals surface area contributed by atoms with Gasteiger partial charge >= 0.3 is 6.98 Å². The van der Waals surface area contributed by atoms with Crippen LogP contribution in [0.4, 0.5) is 18.6 Å². The lowest BCUT2D eigenvalue weighted by molar-refractivity contribution is -0.114. The fraction of sp³-hybridized carbons (Fsp3) is 0.111. The minimum absolute atomic E-state index is 0.00794. The van der Waals surface area contributed by atoms with Crippen molar-refractivity contribution in [3.63, 3.8) is 0 Å². The maximum atomic E-state index is 12.3. The third-order valence-electron chi connectivity index (χ3n) is 2.32. The van der Waals surface area contributed by atoms with Crippen LogP contribution in [0.1, 0.15) is 10.4 Å². The van der Waals surface area contributed by atoms with Gasteiger partial charge < -0.3 is 17.8 Å². The van der Waals surface area contributed by atoms with Gasteiger partial charge in [0, 0.05) is 4.47 Å². The van der Waals surface area contributed by atoms with Gasteiger partial charge in [-0.1, -0.05) is 15.9 Å². The van der Waals surface area contributed by atoms with Gasteiger partial charge in [0.1, 0.15) is 0 Å². The van der Waals surface area contributed by atoms with Gasteiger partial charge in [0.15, 0.2) is 0 Å². The molecule has 0 saturated heterocycles. The van der Waals surface area contributed by atoms with Crippen molar-refractivity contribution in [1.29, 1.82) is 0 Å². The van der Waals surface area contributed by atoms with Crippen LogP contribution in [-0.4, -0.2) is 25.1 Å². The summed E-state index contributed by atoms with van der Waals surface area (Å²) in [6.07, 6.45) is -1.39. The second-order valence-corrected chi connectivity index (χ2v) is 4.53. The zero-order chi connectivity index (χ0) is 12.8. The molecular weight excluding hydrogens is 302 g/mol. The Morgan fingerprint density at radius 1 is 1.24 bits per heavy atom. The molecule has 3 nitrogen and oxygen atoms in total. The van der Waals surface area contributed by atoms with Crippen molar-refractivity contribution in [3.8, 4) is 0 Å². The summed E-state index contributed by atoms with van der Waals surface area (Å²) >= 11 is 3.09. The minimum Gasteiger partial charge on any atom is -0.448 e. The summed E-state index contributed by atoms with van der Waals surface area (Å²) in [7, 11) is 0. The third-order valence-corrected chi connectivity index (χ3v) is 2.82. The van der Waals surface area contributed by atoms with Crippen molar-refractivity contribution in [2.75, 3.05) is 11.3 Å². The Hall–Kier alpha value is -1.31. The molecule has 0 bridgehead atoms. The first kappa shape index (κ1) is 12.2. The van der Waals surface area contributed by atoms with Crippen LogP contribution >= 0.6 is 15.9 Å². The molecule has 0 N–H and O–H groups in total. The van der Waals surface area contributed by atoms with E-state index in [1.807, 2.05) is 0 Å². The number of rotatable bonds is 2. The molecule has 1 aromatic rings. The van der Waals surface area contributed by atoms with Crippen molar-refractivity contribution in [2.24, 2.45) is 0 Å². The van der Waals surface area contributed by atoms with Gasteiger partial charge in [-0.25, -0.2) is 0 Å². The van der Waals surface area contributed by atoms with Crippen LogP contribution in [0.15, 0.2) is 22.7 Å². The van der Waals surface area contributed by atoms with Gasteiger partial charge in [0.05, 0.1) is 11.3 Å². The lowest BCUT2D eigenvalue weighted by Crippen LogP contribution is -2.41. The summed E-state index contributed by atoms with van der Waals surface area (Å²) in [5, 5.41) is 0. The van der Waals surface area contributed by atoms with Crippen molar-refractivity contribution in [2.45, 2.75) is 0 Å². The maximum Gasteiger partial charge on any atom is 0.497 e. The fourth-order valence-corrected chi connectivity index (χ4v) is 2.00. The highest BCUT2D eigenvalue weighted by atomic mass is 79.9. The van der Waals surface area contributed by atoms with E-state index in [4.69, 9.17) is 0 Å². The summed E-state index contributed by atoms with van der Waals surface area (Å²) < 4.78 is 37.6. The molecule has 1 amide bonds. The monoisotopic (exact) mass is 306 g/mol. The quantitative estimate of drug-likeness (QED) is 0.621. The number of benzene rings is 1. The lowest BCUT2D eigenvalue weighted by Gasteiger charge is -2.23. The second kappa shape index (κ2) is 3.87. The molecule has 0 fully saturated rings. The van der Waals surface area contributed by atoms with E-state index < -0.39 is 25.1 Å². The summed E-state index contributed by atoms with van der Waals surface area (Å²) in [5.41, 5.74) is 0.0202. The molecule has 8 heteroatoms. The molecule has 0 saturated carbocycles. The van der Waals surface area contributed by atoms with E-state index in [1.54, 1.807) is 0 Å². The number of carbonyl (C=O) groups excluding carboxylic acids is 2. The van der Waals surface area contributed by atoms with Crippen LogP contribution < -0.4 is 4.90 Å². The largest absolute Gasteiger partial charge is 0.497 e. The van der Waals surface area contributed by atoms with Crippen LogP contribution in [0.2, 0.25) is 0 Å².